The Balaban J connectivity index is 1.96. The van der Waals surface area contributed by atoms with Gasteiger partial charge in [0.25, 0.3) is 10.0 Å². The highest BCUT2D eigenvalue weighted by atomic mass is 32.2. The van der Waals surface area contributed by atoms with Crippen molar-refractivity contribution in [2.45, 2.75) is 4.90 Å². The average Bonchev–Trinajstić information content (AvgIpc) is 2.96. The number of rotatable bonds is 4. The summed E-state index contributed by atoms with van der Waals surface area (Å²) in [4.78, 5) is 8.03. The van der Waals surface area contributed by atoms with Gasteiger partial charge in [0.2, 0.25) is 0 Å². The zero-order valence-corrected chi connectivity index (χ0v) is 11.6. The van der Waals surface area contributed by atoms with Crippen LogP contribution in [-0.4, -0.2) is 28.2 Å². The van der Waals surface area contributed by atoms with Crippen LogP contribution in [0.3, 0.4) is 0 Å². The van der Waals surface area contributed by atoms with E-state index in [9.17, 15) is 8.42 Å². The predicted molar refractivity (Wildman–Crippen MR) is 76.4 cm³/mol. The Kier molecular flexibility index (Phi) is 3.36. The third-order valence-corrected chi connectivity index (χ3v) is 4.03. The van der Waals surface area contributed by atoms with E-state index in [-0.39, 0.29) is 4.90 Å². The summed E-state index contributed by atoms with van der Waals surface area (Å²) >= 11 is 0. The molecule has 0 saturated carbocycles. The van der Waals surface area contributed by atoms with E-state index in [0.717, 1.165) is 0 Å². The standard InChI is InChI=1S/C13H11N5O2S/c19-21(20,11-4-3-7-14-10-11)17-13-6-9-16-18(13)12-5-1-2-8-15-12/h1-10,17H. The van der Waals surface area contributed by atoms with Gasteiger partial charge in [-0.15, -0.1) is 0 Å². The predicted octanol–water partition coefficient (Wildman–Crippen LogP) is 1.46. The van der Waals surface area contributed by atoms with Crippen molar-refractivity contribution in [2.24, 2.45) is 0 Å². The number of pyridine rings is 2. The van der Waals surface area contributed by atoms with E-state index < -0.39 is 10.0 Å². The van der Waals surface area contributed by atoms with E-state index in [1.165, 1.54) is 29.3 Å². The minimum absolute atomic E-state index is 0.0822. The van der Waals surface area contributed by atoms with Crippen LogP contribution in [0.2, 0.25) is 0 Å². The maximum Gasteiger partial charge on any atom is 0.264 e. The van der Waals surface area contributed by atoms with Crippen molar-refractivity contribution in [2.75, 3.05) is 4.72 Å². The third-order valence-electron chi connectivity index (χ3n) is 2.69. The normalized spacial score (nSPS) is 11.2. The van der Waals surface area contributed by atoms with Crippen LogP contribution in [0.1, 0.15) is 0 Å². The van der Waals surface area contributed by atoms with Gasteiger partial charge < -0.3 is 0 Å². The largest absolute Gasteiger partial charge is 0.264 e. The van der Waals surface area contributed by atoms with Gasteiger partial charge in [-0.1, -0.05) is 6.07 Å². The van der Waals surface area contributed by atoms with Crippen molar-refractivity contribution in [3.63, 3.8) is 0 Å². The molecule has 0 unspecified atom stereocenters. The molecule has 8 heteroatoms. The first-order valence-electron chi connectivity index (χ1n) is 6.05. The minimum Gasteiger partial charge on any atom is -0.263 e. The topological polar surface area (TPSA) is 89.8 Å². The summed E-state index contributed by atoms with van der Waals surface area (Å²) in [6.07, 6.45) is 5.90. The molecule has 106 valence electrons. The summed E-state index contributed by atoms with van der Waals surface area (Å²) in [5.74, 6) is 0.823. The maximum atomic E-state index is 12.3. The molecule has 7 nitrogen and oxygen atoms in total. The number of hydrogen-bond acceptors (Lipinski definition) is 5. The van der Waals surface area contributed by atoms with Crippen LogP contribution in [0.4, 0.5) is 5.82 Å². The number of hydrogen-bond donors (Lipinski definition) is 1. The van der Waals surface area contributed by atoms with E-state index in [2.05, 4.69) is 19.8 Å². The molecule has 1 N–H and O–H groups in total. The van der Waals surface area contributed by atoms with Gasteiger partial charge >= 0.3 is 0 Å². The first kappa shape index (κ1) is 13.3. The van der Waals surface area contributed by atoms with Gasteiger partial charge in [-0.25, -0.2) is 13.4 Å². The molecule has 0 saturated heterocycles. The van der Waals surface area contributed by atoms with Crippen molar-refractivity contribution < 1.29 is 8.42 Å². The number of anilines is 1. The quantitative estimate of drug-likeness (QED) is 0.788. The molecule has 0 aliphatic rings. The molecule has 3 heterocycles. The Bertz CT molecular complexity index is 831. The van der Waals surface area contributed by atoms with E-state index >= 15 is 0 Å². The lowest BCUT2D eigenvalue weighted by atomic mass is 10.5. The lowest BCUT2D eigenvalue weighted by Crippen LogP contribution is -2.16. The number of aromatic nitrogens is 4. The summed E-state index contributed by atoms with van der Waals surface area (Å²) in [6, 6.07) is 9.88. The molecule has 0 fully saturated rings. The van der Waals surface area contributed by atoms with Crippen molar-refractivity contribution in [3.8, 4) is 5.82 Å². The zero-order valence-electron chi connectivity index (χ0n) is 10.8. The van der Waals surface area contributed by atoms with Crippen LogP contribution in [0.5, 0.6) is 0 Å². The van der Waals surface area contributed by atoms with Crippen molar-refractivity contribution in [1.29, 1.82) is 0 Å². The summed E-state index contributed by atoms with van der Waals surface area (Å²) < 4.78 is 28.4. The Morgan fingerprint density at radius 2 is 1.90 bits per heavy atom. The highest BCUT2D eigenvalue weighted by Gasteiger charge is 2.17. The molecule has 0 bridgehead atoms. The fourth-order valence-electron chi connectivity index (χ4n) is 1.74. The lowest BCUT2D eigenvalue weighted by Gasteiger charge is -2.09. The van der Waals surface area contributed by atoms with Crippen molar-refractivity contribution >= 4 is 15.8 Å². The Hall–Kier alpha value is -2.74. The molecule has 0 atom stereocenters. The Morgan fingerprint density at radius 3 is 2.62 bits per heavy atom. The molecule has 0 spiro atoms. The highest BCUT2D eigenvalue weighted by Crippen LogP contribution is 2.17. The molecule has 3 aromatic rings. The summed E-state index contributed by atoms with van der Waals surface area (Å²) in [5.41, 5.74) is 0. The lowest BCUT2D eigenvalue weighted by molar-refractivity contribution is 0.600. The second-order valence-corrected chi connectivity index (χ2v) is 5.79. The van der Waals surface area contributed by atoms with Crippen LogP contribution >= 0.6 is 0 Å². The van der Waals surface area contributed by atoms with E-state index in [1.807, 2.05) is 0 Å². The second kappa shape index (κ2) is 5.33. The van der Waals surface area contributed by atoms with Crippen LogP contribution in [0.15, 0.2) is 66.1 Å². The van der Waals surface area contributed by atoms with Gasteiger partial charge in [0.1, 0.15) is 10.7 Å². The molecular formula is C13H11N5O2S. The molecular weight excluding hydrogens is 290 g/mol. The van der Waals surface area contributed by atoms with Crippen LogP contribution in [-0.2, 0) is 10.0 Å². The monoisotopic (exact) mass is 301 g/mol. The Morgan fingerprint density at radius 1 is 1.00 bits per heavy atom. The smallest absolute Gasteiger partial charge is 0.263 e. The molecule has 0 radical (unpaired) electrons. The zero-order chi connectivity index (χ0) is 14.7. The number of nitrogens with one attached hydrogen (secondary N) is 1. The first-order chi connectivity index (χ1) is 10.2. The van der Waals surface area contributed by atoms with Gasteiger partial charge in [0, 0.05) is 24.7 Å². The van der Waals surface area contributed by atoms with Gasteiger partial charge in [-0.05, 0) is 24.3 Å². The summed E-state index contributed by atoms with van der Waals surface area (Å²) in [6.45, 7) is 0. The fraction of sp³-hybridized carbons (Fsp3) is 0. The second-order valence-electron chi connectivity index (χ2n) is 4.11. The van der Waals surface area contributed by atoms with Crippen LogP contribution in [0, 0.1) is 0 Å². The van der Waals surface area contributed by atoms with Crippen LogP contribution in [0.25, 0.3) is 5.82 Å². The van der Waals surface area contributed by atoms with Crippen molar-refractivity contribution in [3.05, 3.63) is 61.2 Å². The number of sulfonamides is 1. The molecule has 3 aromatic heterocycles. The van der Waals surface area contributed by atoms with Crippen LogP contribution < -0.4 is 4.72 Å². The Labute approximate surface area is 121 Å². The fourth-order valence-corrected chi connectivity index (χ4v) is 2.75. The minimum atomic E-state index is -3.71. The van der Waals surface area contributed by atoms with Gasteiger partial charge in [-0.2, -0.15) is 9.78 Å². The third kappa shape index (κ3) is 2.75. The summed E-state index contributed by atoms with van der Waals surface area (Å²) in [7, 11) is -3.71. The van der Waals surface area contributed by atoms with Gasteiger partial charge in [0.05, 0.1) is 6.20 Å². The first-order valence-corrected chi connectivity index (χ1v) is 7.53. The molecule has 3 rings (SSSR count). The summed E-state index contributed by atoms with van der Waals surface area (Å²) in [5, 5.41) is 4.08. The highest BCUT2D eigenvalue weighted by molar-refractivity contribution is 7.92. The van der Waals surface area contributed by atoms with E-state index in [4.69, 9.17) is 0 Å². The SMILES string of the molecule is O=S(=O)(Nc1ccnn1-c1ccccn1)c1cccnc1. The maximum absolute atomic E-state index is 12.3. The van der Waals surface area contributed by atoms with Crippen molar-refractivity contribution in [1.82, 2.24) is 19.7 Å². The van der Waals surface area contributed by atoms with E-state index in [1.54, 1.807) is 36.5 Å². The number of nitrogens with zero attached hydrogens (tertiary/aromatic N) is 4. The van der Waals surface area contributed by atoms with Gasteiger partial charge in [-0.3, -0.25) is 9.71 Å². The average molecular weight is 301 g/mol. The molecule has 0 aliphatic heterocycles. The van der Waals surface area contributed by atoms with Gasteiger partial charge in [0.15, 0.2) is 5.82 Å². The molecule has 0 aliphatic carbocycles. The molecule has 0 amide bonds. The van der Waals surface area contributed by atoms with E-state index in [0.29, 0.717) is 11.6 Å². The molecule has 0 aromatic carbocycles. The molecule has 21 heavy (non-hydrogen) atoms.